The number of nitrogens with zero attached hydrogens (tertiary/aromatic N) is 1. The molecule has 2 aromatic rings. The molecule has 0 aliphatic carbocycles. The van der Waals surface area contributed by atoms with Crippen LogP contribution in [0.15, 0.2) is 36.5 Å². The number of pyridine rings is 2. The molecule has 0 saturated heterocycles. The first-order chi connectivity index (χ1) is 7.86. The molecule has 0 amide bonds. The van der Waals surface area contributed by atoms with E-state index >= 15 is 0 Å². The Bertz CT molecular complexity index is 482. The molecule has 2 heterocycles. The van der Waals surface area contributed by atoms with Crippen molar-refractivity contribution in [2.45, 2.75) is 13.2 Å². The summed E-state index contributed by atoms with van der Waals surface area (Å²) in [7, 11) is 3.41. The maximum Gasteiger partial charge on any atom is 0.218 e. The first-order valence-corrected chi connectivity index (χ1v) is 5.26. The van der Waals surface area contributed by atoms with E-state index < -0.39 is 0 Å². The van der Waals surface area contributed by atoms with Crippen molar-refractivity contribution in [3.63, 3.8) is 0 Å². The summed E-state index contributed by atoms with van der Waals surface area (Å²) in [5.74, 6) is 0. The Hall–Kier alpha value is -1.45. The van der Waals surface area contributed by atoms with E-state index in [1.165, 1.54) is 0 Å². The number of aromatic nitrogens is 1. The van der Waals surface area contributed by atoms with Gasteiger partial charge in [0.15, 0.2) is 6.20 Å². The van der Waals surface area contributed by atoms with Gasteiger partial charge in [-0.1, -0.05) is 0 Å². The Kier molecular flexibility index (Phi) is 3.49. The lowest BCUT2D eigenvalue weighted by Gasteiger charge is -2.05. The van der Waals surface area contributed by atoms with Crippen LogP contribution < -0.4 is 4.40 Å². The fraction of sp³-hybridized carbons (Fsp3) is 0.308. The lowest BCUT2D eigenvalue weighted by molar-refractivity contribution is -0.526. The molecule has 0 fully saturated rings. The highest BCUT2D eigenvalue weighted by molar-refractivity contribution is 5.40. The van der Waals surface area contributed by atoms with Crippen LogP contribution in [0, 0.1) is 0 Å². The molecule has 3 nitrogen and oxygen atoms in total. The van der Waals surface area contributed by atoms with E-state index in [-0.39, 0.29) is 0 Å². The molecule has 0 radical (unpaired) electrons. The van der Waals surface area contributed by atoms with Crippen molar-refractivity contribution in [2.75, 3.05) is 14.2 Å². The van der Waals surface area contributed by atoms with Gasteiger partial charge in [0.05, 0.1) is 6.61 Å². The van der Waals surface area contributed by atoms with Gasteiger partial charge in [0.1, 0.15) is 6.61 Å². The summed E-state index contributed by atoms with van der Waals surface area (Å²) in [6.45, 7) is 1.20. The van der Waals surface area contributed by atoms with Gasteiger partial charge in [-0.15, -0.1) is 0 Å². The van der Waals surface area contributed by atoms with Gasteiger partial charge in [-0.3, -0.25) is 0 Å². The quantitative estimate of drug-likeness (QED) is 0.729. The van der Waals surface area contributed by atoms with Crippen molar-refractivity contribution < 1.29 is 13.9 Å². The molecule has 84 valence electrons. The van der Waals surface area contributed by atoms with Crippen LogP contribution in [-0.4, -0.2) is 14.2 Å². The molecular weight excluding hydrogens is 202 g/mol. The zero-order valence-corrected chi connectivity index (χ0v) is 9.64. The van der Waals surface area contributed by atoms with E-state index in [2.05, 4.69) is 22.6 Å². The molecule has 0 N–H and O–H groups in total. The van der Waals surface area contributed by atoms with Gasteiger partial charge in [-0.25, -0.2) is 0 Å². The third-order valence-electron chi connectivity index (χ3n) is 2.59. The Morgan fingerprint density at radius 2 is 1.81 bits per heavy atom. The van der Waals surface area contributed by atoms with Crippen LogP contribution in [-0.2, 0) is 22.7 Å². The fourth-order valence-corrected chi connectivity index (χ4v) is 1.86. The van der Waals surface area contributed by atoms with Gasteiger partial charge < -0.3 is 9.47 Å². The number of fused-ring (bicyclic) bond motifs is 1. The maximum atomic E-state index is 5.25. The van der Waals surface area contributed by atoms with Crippen molar-refractivity contribution >= 4 is 5.52 Å². The minimum Gasteiger partial charge on any atom is -0.380 e. The number of hydrogen-bond acceptors (Lipinski definition) is 2. The van der Waals surface area contributed by atoms with Gasteiger partial charge >= 0.3 is 0 Å². The van der Waals surface area contributed by atoms with Crippen LogP contribution in [0.5, 0.6) is 0 Å². The Labute approximate surface area is 95.2 Å². The monoisotopic (exact) mass is 218 g/mol. The second-order valence-corrected chi connectivity index (χ2v) is 3.67. The molecule has 3 heteroatoms. The molecule has 0 spiro atoms. The van der Waals surface area contributed by atoms with E-state index in [1.807, 2.05) is 18.3 Å². The van der Waals surface area contributed by atoms with Crippen LogP contribution in [0.1, 0.15) is 11.3 Å². The topological polar surface area (TPSA) is 22.6 Å². The van der Waals surface area contributed by atoms with E-state index in [0.717, 1.165) is 16.8 Å². The predicted molar refractivity (Wildman–Crippen MR) is 61.0 cm³/mol. The van der Waals surface area contributed by atoms with Crippen molar-refractivity contribution in [3.05, 3.63) is 47.8 Å². The molecule has 0 saturated carbocycles. The van der Waals surface area contributed by atoms with Crippen LogP contribution in [0.4, 0.5) is 0 Å². The second kappa shape index (κ2) is 5.05. The van der Waals surface area contributed by atoms with Gasteiger partial charge in [-0.2, -0.15) is 4.40 Å². The van der Waals surface area contributed by atoms with E-state index in [9.17, 15) is 0 Å². The standard InChI is InChI=1S/C13H16NO2/c1-15-9-11-6-7-12-5-3-4-8-14(12)13(11)10-16-2/h3-8H,9-10H2,1-2H3/q+1. The molecule has 2 rings (SSSR count). The third-order valence-corrected chi connectivity index (χ3v) is 2.59. The highest BCUT2D eigenvalue weighted by Gasteiger charge is 2.14. The minimum absolute atomic E-state index is 0.588. The van der Waals surface area contributed by atoms with Crippen LogP contribution in [0.2, 0.25) is 0 Å². The number of rotatable bonds is 4. The molecule has 16 heavy (non-hydrogen) atoms. The third kappa shape index (κ3) is 2.05. The van der Waals surface area contributed by atoms with Crippen molar-refractivity contribution in [1.29, 1.82) is 0 Å². The summed E-state index contributed by atoms with van der Waals surface area (Å²) >= 11 is 0. The molecule has 0 aromatic carbocycles. The first-order valence-electron chi connectivity index (χ1n) is 5.26. The molecule has 0 aliphatic rings. The molecule has 0 bridgehead atoms. The SMILES string of the molecule is COCc1ccc2cccc[n+]2c1COC. The lowest BCUT2D eigenvalue weighted by Crippen LogP contribution is -2.29. The van der Waals surface area contributed by atoms with Gasteiger partial charge in [0, 0.05) is 38.0 Å². The van der Waals surface area contributed by atoms with Crippen LogP contribution in [0.3, 0.4) is 0 Å². The number of hydrogen-bond donors (Lipinski definition) is 0. The van der Waals surface area contributed by atoms with Crippen molar-refractivity contribution in [2.24, 2.45) is 0 Å². The maximum absolute atomic E-state index is 5.25. The smallest absolute Gasteiger partial charge is 0.218 e. The average Bonchev–Trinajstić information content (AvgIpc) is 2.32. The largest absolute Gasteiger partial charge is 0.380 e. The molecular formula is C13H16NO2+. The Morgan fingerprint density at radius 3 is 2.56 bits per heavy atom. The first kappa shape index (κ1) is 11.0. The van der Waals surface area contributed by atoms with Crippen LogP contribution >= 0.6 is 0 Å². The Morgan fingerprint density at radius 1 is 1.00 bits per heavy atom. The summed E-state index contributed by atoms with van der Waals surface area (Å²) in [5.41, 5.74) is 3.46. The average molecular weight is 218 g/mol. The summed E-state index contributed by atoms with van der Waals surface area (Å²) in [5, 5.41) is 0. The second-order valence-electron chi connectivity index (χ2n) is 3.67. The minimum atomic E-state index is 0.588. The lowest BCUT2D eigenvalue weighted by atomic mass is 10.2. The predicted octanol–water partition coefficient (Wildman–Crippen LogP) is 1.72. The summed E-state index contributed by atoms with van der Waals surface area (Å²) in [6.07, 6.45) is 2.04. The zero-order valence-electron chi connectivity index (χ0n) is 9.64. The van der Waals surface area contributed by atoms with Crippen LogP contribution in [0.25, 0.3) is 5.52 Å². The summed E-state index contributed by atoms with van der Waals surface area (Å²) < 4.78 is 12.6. The summed E-state index contributed by atoms with van der Waals surface area (Å²) in [4.78, 5) is 0. The highest BCUT2D eigenvalue weighted by Crippen LogP contribution is 2.09. The molecule has 2 aromatic heterocycles. The van der Waals surface area contributed by atoms with E-state index in [4.69, 9.17) is 9.47 Å². The highest BCUT2D eigenvalue weighted by atomic mass is 16.5. The molecule has 0 aliphatic heterocycles. The van der Waals surface area contributed by atoms with Gasteiger partial charge in [-0.05, 0) is 12.1 Å². The zero-order chi connectivity index (χ0) is 11.4. The van der Waals surface area contributed by atoms with Crippen molar-refractivity contribution in [1.82, 2.24) is 0 Å². The Balaban J connectivity index is 2.58. The number of methoxy groups -OCH3 is 2. The molecule has 0 unspecified atom stereocenters. The van der Waals surface area contributed by atoms with Gasteiger partial charge in [0.25, 0.3) is 0 Å². The fourth-order valence-electron chi connectivity index (χ4n) is 1.86. The van der Waals surface area contributed by atoms with Crippen molar-refractivity contribution in [3.8, 4) is 0 Å². The van der Waals surface area contributed by atoms with E-state index in [0.29, 0.717) is 13.2 Å². The number of ether oxygens (including phenoxy) is 2. The summed E-state index contributed by atoms with van der Waals surface area (Å²) in [6, 6.07) is 10.3. The van der Waals surface area contributed by atoms with E-state index in [1.54, 1.807) is 14.2 Å². The van der Waals surface area contributed by atoms with Gasteiger partial charge in [0.2, 0.25) is 11.2 Å². The normalized spacial score (nSPS) is 10.9. The molecule has 0 atom stereocenters.